The Morgan fingerprint density at radius 1 is 0.933 bits per heavy atom. The molecule has 1 N–H and O–H groups in total. The monoisotopic (exact) mass is 461 g/mol. The van der Waals surface area contributed by atoms with E-state index in [1.807, 2.05) is 30.3 Å². The van der Waals surface area contributed by atoms with Gasteiger partial charge in [-0.15, -0.1) is 11.3 Å². The molecule has 0 aliphatic carbocycles. The molecule has 0 radical (unpaired) electrons. The number of nitrogens with zero attached hydrogens (tertiary/aromatic N) is 2. The lowest BCUT2D eigenvalue weighted by Crippen LogP contribution is -2.48. The molecule has 0 atom stereocenters. The number of halogens is 1. The van der Waals surface area contributed by atoms with E-state index in [0.29, 0.717) is 36.9 Å². The molecule has 6 nitrogen and oxygen atoms in total. The van der Waals surface area contributed by atoms with E-state index in [9.17, 15) is 13.2 Å². The average molecular weight is 462 g/mol. The molecule has 30 heavy (non-hydrogen) atoms. The van der Waals surface area contributed by atoms with Crippen LogP contribution in [0.25, 0.3) is 0 Å². The quantitative estimate of drug-likeness (QED) is 0.619. The number of rotatable bonds is 5. The van der Waals surface area contributed by atoms with Crippen molar-refractivity contribution < 1.29 is 13.2 Å². The lowest BCUT2D eigenvalue weighted by Gasteiger charge is -2.35. The summed E-state index contributed by atoms with van der Waals surface area (Å²) in [6.45, 7) is 1.93. The zero-order valence-electron chi connectivity index (χ0n) is 16.0. The van der Waals surface area contributed by atoms with Gasteiger partial charge >= 0.3 is 0 Å². The number of sulfonamides is 1. The van der Waals surface area contributed by atoms with Crippen molar-refractivity contribution in [3.63, 3.8) is 0 Å². The van der Waals surface area contributed by atoms with E-state index >= 15 is 0 Å². The molecule has 9 heteroatoms. The zero-order valence-corrected chi connectivity index (χ0v) is 18.4. The van der Waals surface area contributed by atoms with Gasteiger partial charge in [0.15, 0.2) is 0 Å². The molecular formula is C21H20ClN3O3S2. The maximum Gasteiger partial charge on any atom is 0.267 e. The summed E-state index contributed by atoms with van der Waals surface area (Å²) in [6.07, 6.45) is 0. The highest BCUT2D eigenvalue weighted by molar-refractivity contribution is 7.89. The average Bonchev–Trinajstić information content (AvgIpc) is 3.27. The van der Waals surface area contributed by atoms with Gasteiger partial charge in [-0.2, -0.15) is 4.31 Å². The van der Waals surface area contributed by atoms with Gasteiger partial charge in [0, 0.05) is 42.6 Å². The van der Waals surface area contributed by atoms with Gasteiger partial charge < -0.3 is 10.2 Å². The number of anilines is 2. The van der Waals surface area contributed by atoms with E-state index in [1.165, 1.54) is 10.4 Å². The Morgan fingerprint density at radius 2 is 1.60 bits per heavy atom. The van der Waals surface area contributed by atoms with Crippen LogP contribution in [0.3, 0.4) is 0 Å². The van der Waals surface area contributed by atoms with Crippen molar-refractivity contribution in [3.8, 4) is 0 Å². The molecule has 3 aromatic rings. The smallest absolute Gasteiger partial charge is 0.267 e. The lowest BCUT2D eigenvalue weighted by molar-refractivity contribution is 0.102. The van der Waals surface area contributed by atoms with Gasteiger partial charge in [0.25, 0.3) is 5.91 Å². The molecule has 156 valence electrons. The normalized spacial score (nSPS) is 15.2. The molecule has 2 aromatic carbocycles. The summed E-state index contributed by atoms with van der Waals surface area (Å²) in [5, 5.41) is 4.92. The fourth-order valence-electron chi connectivity index (χ4n) is 3.35. The predicted octanol–water partition coefficient (Wildman–Crippen LogP) is 4.16. The Balaban J connectivity index is 1.48. The molecule has 0 unspecified atom stereocenters. The molecule has 1 amide bonds. The van der Waals surface area contributed by atoms with Crippen LogP contribution in [-0.2, 0) is 10.0 Å². The maximum absolute atomic E-state index is 13.2. The summed E-state index contributed by atoms with van der Waals surface area (Å²) in [5.41, 5.74) is 1.63. The van der Waals surface area contributed by atoms with Crippen molar-refractivity contribution >= 4 is 50.2 Å². The van der Waals surface area contributed by atoms with E-state index in [-0.39, 0.29) is 9.77 Å². The number of benzene rings is 2. The third-order valence-corrected chi connectivity index (χ3v) is 8.15. The number of nitrogens with one attached hydrogen (secondary N) is 1. The van der Waals surface area contributed by atoms with Crippen molar-refractivity contribution in [2.45, 2.75) is 4.90 Å². The Kier molecular flexibility index (Phi) is 6.10. The molecule has 1 aliphatic heterocycles. The Hall–Kier alpha value is -2.39. The molecule has 0 bridgehead atoms. The molecular weight excluding hydrogens is 442 g/mol. The first-order valence-corrected chi connectivity index (χ1v) is 12.1. The number of hydrogen-bond acceptors (Lipinski definition) is 5. The van der Waals surface area contributed by atoms with Crippen molar-refractivity contribution in [1.29, 1.82) is 0 Å². The first kappa shape index (κ1) is 20.9. The first-order valence-electron chi connectivity index (χ1n) is 9.40. The van der Waals surface area contributed by atoms with Crippen molar-refractivity contribution in [3.05, 3.63) is 75.9 Å². The predicted molar refractivity (Wildman–Crippen MR) is 121 cm³/mol. The number of para-hydroxylation sites is 1. The molecule has 1 fully saturated rings. The van der Waals surface area contributed by atoms with Crippen molar-refractivity contribution in [2.75, 3.05) is 36.4 Å². The number of hydrogen-bond donors (Lipinski definition) is 1. The van der Waals surface area contributed by atoms with Crippen LogP contribution in [0.15, 0.2) is 70.9 Å². The number of amides is 1. The molecule has 0 spiro atoms. The van der Waals surface area contributed by atoms with Crippen molar-refractivity contribution in [2.24, 2.45) is 0 Å². The van der Waals surface area contributed by atoms with Crippen LogP contribution >= 0.6 is 22.9 Å². The molecule has 1 aliphatic rings. The molecule has 1 aromatic heterocycles. The van der Waals surface area contributed by atoms with Crippen LogP contribution < -0.4 is 10.2 Å². The van der Waals surface area contributed by atoms with E-state index in [4.69, 9.17) is 11.6 Å². The van der Waals surface area contributed by atoms with E-state index < -0.39 is 15.9 Å². The highest BCUT2D eigenvalue weighted by Gasteiger charge is 2.32. The minimum absolute atomic E-state index is 0.0483. The Labute approximate surface area is 184 Å². The second-order valence-electron chi connectivity index (χ2n) is 6.80. The molecule has 4 rings (SSSR count). The third-order valence-electron chi connectivity index (χ3n) is 4.92. The Morgan fingerprint density at radius 3 is 2.27 bits per heavy atom. The fourth-order valence-corrected chi connectivity index (χ4v) is 6.20. The van der Waals surface area contributed by atoms with Crippen LogP contribution in [0.1, 0.15) is 9.67 Å². The van der Waals surface area contributed by atoms with Gasteiger partial charge in [-0.05, 0) is 47.8 Å². The van der Waals surface area contributed by atoms with E-state index in [2.05, 4.69) is 10.2 Å². The van der Waals surface area contributed by atoms with E-state index in [0.717, 1.165) is 17.0 Å². The fraction of sp³-hybridized carbons (Fsp3) is 0.190. The Bertz CT molecular complexity index is 1120. The maximum atomic E-state index is 13.2. The van der Waals surface area contributed by atoms with Gasteiger partial charge in [0.1, 0.15) is 9.77 Å². The number of carbonyl (C=O) groups is 1. The summed E-state index contributed by atoms with van der Waals surface area (Å²) in [7, 11) is -3.76. The summed E-state index contributed by atoms with van der Waals surface area (Å²) in [5.74, 6) is -0.450. The second kappa shape index (κ2) is 8.77. The third kappa shape index (κ3) is 4.37. The summed E-state index contributed by atoms with van der Waals surface area (Å²) in [6, 6.07) is 18.1. The lowest BCUT2D eigenvalue weighted by atomic mass is 10.2. The summed E-state index contributed by atoms with van der Waals surface area (Å²) < 4.78 is 27.9. The summed E-state index contributed by atoms with van der Waals surface area (Å²) in [4.78, 5) is 15.1. The van der Waals surface area contributed by atoms with Crippen LogP contribution in [0, 0.1) is 0 Å². The highest BCUT2D eigenvalue weighted by atomic mass is 35.5. The first-order chi connectivity index (χ1) is 14.4. The van der Waals surface area contributed by atoms with Gasteiger partial charge in [-0.25, -0.2) is 8.42 Å². The summed E-state index contributed by atoms with van der Waals surface area (Å²) >= 11 is 6.98. The molecule has 0 saturated carbocycles. The van der Waals surface area contributed by atoms with Gasteiger partial charge in [0.2, 0.25) is 10.0 Å². The van der Waals surface area contributed by atoms with Gasteiger partial charge in [0.05, 0.1) is 0 Å². The van der Waals surface area contributed by atoms with Crippen LogP contribution in [0.4, 0.5) is 11.4 Å². The van der Waals surface area contributed by atoms with Gasteiger partial charge in [-0.3, -0.25) is 4.79 Å². The van der Waals surface area contributed by atoms with Crippen LogP contribution in [-0.4, -0.2) is 44.8 Å². The number of carbonyl (C=O) groups excluding carboxylic acids is 1. The standard InChI is InChI=1S/C21H20ClN3O3S2/c22-16-6-8-17(9-7-16)23-21(26)20-19(10-15-29-20)30(27,28)25-13-11-24(12-14-25)18-4-2-1-3-5-18/h1-10,15H,11-14H2,(H,23,26). The van der Waals surface area contributed by atoms with E-state index in [1.54, 1.807) is 29.6 Å². The largest absolute Gasteiger partial charge is 0.369 e. The zero-order chi connectivity index (χ0) is 21.1. The van der Waals surface area contributed by atoms with Crippen LogP contribution in [0.2, 0.25) is 5.02 Å². The van der Waals surface area contributed by atoms with Crippen molar-refractivity contribution in [1.82, 2.24) is 4.31 Å². The second-order valence-corrected chi connectivity index (χ2v) is 10.1. The molecule has 2 heterocycles. The minimum Gasteiger partial charge on any atom is -0.369 e. The minimum atomic E-state index is -3.76. The number of piperazine rings is 1. The van der Waals surface area contributed by atoms with Gasteiger partial charge in [-0.1, -0.05) is 29.8 Å². The number of thiophene rings is 1. The van der Waals surface area contributed by atoms with Crippen LogP contribution in [0.5, 0.6) is 0 Å². The highest BCUT2D eigenvalue weighted by Crippen LogP contribution is 2.28. The molecule has 1 saturated heterocycles. The SMILES string of the molecule is O=C(Nc1ccc(Cl)cc1)c1sccc1S(=O)(=O)N1CCN(c2ccccc2)CC1. The topological polar surface area (TPSA) is 69.7 Å².